The molecule has 0 N–H and O–H groups in total. The summed E-state index contributed by atoms with van der Waals surface area (Å²) in [4.78, 5) is 12.1. The Kier molecular flexibility index (Phi) is 8.11. The van der Waals surface area contributed by atoms with E-state index in [2.05, 4.69) is 0 Å². The monoisotopic (exact) mass is 306 g/mol. The zero-order valence-corrected chi connectivity index (χ0v) is 13.7. The lowest BCUT2D eigenvalue weighted by molar-refractivity contribution is -0.156. The van der Waals surface area contributed by atoms with Crippen LogP contribution >= 0.6 is 0 Å². The third-order valence-electron chi connectivity index (χ3n) is 3.18. The highest BCUT2D eigenvalue weighted by Gasteiger charge is 2.29. The van der Waals surface area contributed by atoms with Crippen molar-refractivity contribution in [1.82, 2.24) is 0 Å². The fourth-order valence-corrected chi connectivity index (χ4v) is 1.67. The number of hydrogen-bond donors (Lipinski definition) is 0. The summed E-state index contributed by atoms with van der Waals surface area (Å²) in [5.41, 5.74) is 0.409. The number of esters is 1. The predicted octanol–water partition coefficient (Wildman–Crippen LogP) is 4.06. The second-order valence-electron chi connectivity index (χ2n) is 5.71. The van der Waals surface area contributed by atoms with E-state index in [1.807, 2.05) is 51.1 Å². The van der Waals surface area contributed by atoms with Crippen molar-refractivity contribution in [3.8, 4) is 0 Å². The van der Waals surface area contributed by atoms with Crippen molar-refractivity contribution in [3.63, 3.8) is 0 Å². The van der Waals surface area contributed by atoms with Gasteiger partial charge >= 0.3 is 5.97 Å². The molecule has 0 saturated heterocycles. The molecule has 0 saturated carbocycles. The van der Waals surface area contributed by atoms with Gasteiger partial charge in [-0.15, -0.1) is 0 Å². The van der Waals surface area contributed by atoms with Crippen molar-refractivity contribution in [3.05, 3.63) is 48.4 Å². The molecule has 0 aliphatic carbocycles. The van der Waals surface area contributed by atoms with Crippen LogP contribution in [0, 0.1) is 5.41 Å². The standard InChI is InChI=1S/C18H26O4/c1-4-11-20-13-14-21-12-10-18(2,3)17(19)22-15-16-8-6-5-7-9-16/h5-9,13-14H,4,10-12,15H2,1-3H3/b14-13+. The maximum Gasteiger partial charge on any atom is 0.311 e. The average molecular weight is 306 g/mol. The van der Waals surface area contributed by atoms with E-state index >= 15 is 0 Å². The third-order valence-corrected chi connectivity index (χ3v) is 3.18. The van der Waals surface area contributed by atoms with E-state index in [9.17, 15) is 4.79 Å². The Balaban J connectivity index is 2.26. The molecule has 0 spiro atoms. The molecule has 0 heterocycles. The van der Waals surface area contributed by atoms with Crippen LogP contribution in [0.4, 0.5) is 0 Å². The molecule has 4 heteroatoms. The quantitative estimate of drug-likeness (QED) is 0.371. The summed E-state index contributed by atoms with van der Waals surface area (Å²) in [5, 5.41) is 0. The molecule has 22 heavy (non-hydrogen) atoms. The molecular formula is C18H26O4. The van der Waals surface area contributed by atoms with E-state index in [1.165, 1.54) is 12.5 Å². The van der Waals surface area contributed by atoms with Crippen LogP contribution in [0.25, 0.3) is 0 Å². The Hall–Kier alpha value is -1.97. The van der Waals surface area contributed by atoms with Gasteiger partial charge in [-0.2, -0.15) is 0 Å². The van der Waals surface area contributed by atoms with E-state index < -0.39 is 5.41 Å². The zero-order valence-electron chi connectivity index (χ0n) is 13.7. The molecule has 0 bridgehead atoms. The van der Waals surface area contributed by atoms with Gasteiger partial charge in [0.2, 0.25) is 0 Å². The minimum absolute atomic E-state index is 0.217. The predicted molar refractivity (Wildman–Crippen MR) is 86.0 cm³/mol. The van der Waals surface area contributed by atoms with Crippen molar-refractivity contribution in [2.24, 2.45) is 5.41 Å². The van der Waals surface area contributed by atoms with Gasteiger partial charge in [-0.1, -0.05) is 37.3 Å². The van der Waals surface area contributed by atoms with Crippen molar-refractivity contribution in [2.45, 2.75) is 40.2 Å². The first kappa shape index (κ1) is 18.1. The molecule has 1 aromatic rings. The van der Waals surface area contributed by atoms with E-state index in [4.69, 9.17) is 14.2 Å². The highest BCUT2D eigenvalue weighted by Crippen LogP contribution is 2.23. The molecule has 0 radical (unpaired) electrons. The molecule has 0 fully saturated rings. The molecular weight excluding hydrogens is 280 g/mol. The van der Waals surface area contributed by atoms with Gasteiger partial charge in [-0.25, -0.2) is 0 Å². The maximum absolute atomic E-state index is 12.1. The Morgan fingerprint density at radius 3 is 2.36 bits per heavy atom. The molecule has 4 nitrogen and oxygen atoms in total. The largest absolute Gasteiger partial charge is 0.498 e. The van der Waals surface area contributed by atoms with Gasteiger partial charge in [0.05, 0.1) is 18.6 Å². The smallest absolute Gasteiger partial charge is 0.311 e. The molecule has 1 aromatic carbocycles. The average Bonchev–Trinajstić information content (AvgIpc) is 2.52. The lowest BCUT2D eigenvalue weighted by Crippen LogP contribution is -2.27. The van der Waals surface area contributed by atoms with Gasteiger partial charge in [0.15, 0.2) is 0 Å². The molecule has 122 valence electrons. The highest BCUT2D eigenvalue weighted by atomic mass is 16.5. The number of carbonyl (C=O) groups excluding carboxylic acids is 1. The normalized spacial score (nSPS) is 11.4. The Bertz CT molecular complexity index is 451. The van der Waals surface area contributed by atoms with E-state index in [0.717, 1.165) is 12.0 Å². The van der Waals surface area contributed by atoms with Gasteiger partial charge in [-0.05, 0) is 32.3 Å². The molecule has 0 amide bonds. The van der Waals surface area contributed by atoms with Crippen LogP contribution in [0.3, 0.4) is 0 Å². The van der Waals surface area contributed by atoms with Crippen LogP contribution in [0.5, 0.6) is 0 Å². The lowest BCUT2D eigenvalue weighted by Gasteiger charge is -2.22. The number of ether oxygens (including phenoxy) is 3. The van der Waals surface area contributed by atoms with Gasteiger partial charge in [0.25, 0.3) is 0 Å². The first-order valence-electron chi connectivity index (χ1n) is 7.65. The summed E-state index contributed by atoms with van der Waals surface area (Å²) in [6.45, 7) is 7.19. The lowest BCUT2D eigenvalue weighted by atomic mass is 9.90. The SMILES string of the molecule is CCCO/C=C/OCCC(C)(C)C(=O)OCc1ccccc1. The first-order valence-corrected chi connectivity index (χ1v) is 7.65. The number of benzene rings is 1. The van der Waals surface area contributed by atoms with Crippen molar-refractivity contribution in [2.75, 3.05) is 13.2 Å². The highest BCUT2D eigenvalue weighted by molar-refractivity contribution is 5.75. The van der Waals surface area contributed by atoms with Gasteiger partial charge in [-0.3, -0.25) is 4.79 Å². The van der Waals surface area contributed by atoms with E-state index in [0.29, 0.717) is 26.2 Å². The maximum atomic E-state index is 12.1. The zero-order chi connectivity index (χ0) is 16.3. The fourth-order valence-electron chi connectivity index (χ4n) is 1.67. The van der Waals surface area contributed by atoms with Gasteiger partial charge in [0, 0.05) is 0 Å². The topological polar surface area (TPSA) is 44.8 Å². The van der Waals surface area contributed by atoms with Gasteiger partial charge in [0.1, 0.15) is 19.1 Å². The number of hydrogen-bond acceptors (Lipinski definition) is 4. The Morgan fingerprint density at radius 1 is 1.09 bits per heavy atom. The molecule has 1 rings (SSSR count). The van der Waals surface area contributed by atoms with Crippen LogP contribution in [-0.4, -0.2) is 19.2 Å². The Labute approximate surface area is 133 Å². The first-order chi connectivity index (χ1) is 10.6. The third kappa shape index (κ3) is 7.16. The summed E-state index contributed by atoms with van der Waals surface area (Å²) in [5.74, 6) is -0.217. The summed E-state index contributed by atoms with van der Waals surface area (Å²) in [7, 11) is 0. The fraction of sp³-hybridized carbons (Fsp3) is 0.500. The Morgan fingerprint density at radius 2 is 1.73 bits per heavy atom. The second-order valence-corrected chi connectivity index (χ2v) is 5.71. The van der Waals surface area contributed by atoms with Crippen LogP contribution in [0.1, 0.15) is 39.2 Å². The minimum atomic E-state index is -0.576. The van der Waals surface area contributed by atoms with Crippen LogP contribution < -0.4 is 0 Å². The van der Waals surface area contributed by atoms with Crippen molar-refractivity contribution >= 4 is 5.97 Å². The van der Waals surface area contributed by atoms with Crippen LogP contribution in [0.2, 0.25) is 0 Å². The summed E-state index contributed by atoms with van der Waals surface area (Å²) in [6.07, 6.45) is 4.59. The summed E-state index contributed by atoms with van der Waals surface area (Å²) >= 11 is 0. The van der Waals surface area contributed by atoms with Crippen LogP contribution in [-0.2, 0) is 25.6 Å². The van der Waals surface area contributed by atoms with E-state index in [1.54, 1.807) is 0 Å². The van der Waals surface area contributed by atoms with E-state index in [-0.39, 0.29) is 5.97 Å². The summed E-state index contributed by atoms with van der Waals surface area (Å²) < 4.78 is 15.8. The molecule has 0 unspecified atom stereocenters. The number of carbonyl (C=O) groups is 1. The second kappa shape index (κ2) is 9.87. The molecule has 0 aliphatic heterocycles. The molecule has 0 atom stereocenters. The van der Waals surface area contributed by atoms with Crippen molar-refractivity contribution in [1.29, 1.82) is 0 Å². The summed E-state index contributed by atoms with van der Waals surface area (Å²) in [6, 6.07) is 9.66. The van der Waals surface area contributed by atoms with Crippen LogP contribution in [0.15, 0.2) is 42.9 Å². The number of rotatable bonds is 10. The van der Waals surface area contributed by atoms with Gasteiger partial charge < -0.3 is 14.2 Å². The molecule has 0 aromatic heterocycles. The van der Waals surface area contributed by atoms with Crippen molar-refractivity contribution < 1.29 is 19.0 Å². The molecule has 0 aliphatic rings. The minimum Gasteiger partial charge on any atom is -0.498 e.